The van der Waals surface area contributed by atoms with Crippen LogP contribution in [-0.4, -0.2) is 6.61 Å². The molecule has 0 aromatic heterocycles. The van der Waals surface area contributed by atoms with Gasteiger partial charge in [0.1, 0.15) is 5.75 Å². The molecule has 2 unspecified atom stereocenters. The summed E-state index contributed by atoms with van der Waals surface area (Å²) in [6.07, 6.45) is 9.37. The highest BCUT2D eigenvalue weighted by atomic mass is 16.5. The van der Waals surface area contributed by atoms with E-state index in [1.165, 1.54) is 38.5 Å². The van der Waals surface area contributed by atoms with Crippen molar-refractivity contribution in [3.05, 3.63) is 29.8 Å². The Kier molecular flexibility index (Phi) is 10.8. The molecule has 0 fully saturated rings. The fraction of sp³-hybridized carbons (Fsp3) is 0.727. The average molecular weight is 334 g/mol. The van der Waals surface area contributed by atoms with E-state index in [4.69, 9.17) is 10.5 Å². The molecule has 0 amide bonds. The van der Waals surface area contributed by atoms with Gasteiger partial charge in [-0.1, -0.05) is 78.4 Å². The second-order valence-electron chi connectivity index (χ2n) is 7.95. The normalized spacial score (nSPS) is 13.9. The van der Waals surface area contributed by atoms with Gasteiger partial charge in [-0.25, -0.2) is 0 Å². The quantitative estimate of drug-likeness (QED) is 0.467. The smallest absolute Gasteiger partial charge is 0.119 e. The van der Waals surface area contributed by atoms with E-state index in [2.05, 4.69) is 27.7 Å². The maximum absolute atomic E-state index is 5.84. The van der Waals surface area contributed by atoms with Crippen LogP contribution in [0.3, 0.4) is 0 Å². The molecular formula is C22H39NO. The third-order valence-corrected chi connectivity index (χ3v) is 4.91. The van der Waals surface area contributed by atoms with Gasteiger partial charge in [-0.2, -0.15) is 0 Å². The zero-order chi connectivity index (χ0) is 17.8. The van der Waals surface area contributed by atoms with Gasteiger partial charge in [0.25, 0.3) is 0 Å². The second kappa shape index (κ2) is 12.4. The highest BCUT2D eigenvalue weighted by Crippen LogP contribution is 2.20. The number of hydrogen-bond acceptors (Lipinski definition) is 2. The van der Waals surface area contributed by atoms with E-state index >= 15 is 0 Å². The molecule has 0 aliphatic heterocycles. The molecule has 2 heteroatoms. The summed E-state index contributed by atoms with van der Waals surface area (Å²) >= 11 is 0. The largest absolute Gasteiger partial charge is 0.494 e. The van der Waals surface area contributed by atoms with Gasteiger partial charge >= 0.3 is 0 Å². The first-order chi connectivity index (χ1) is 11.5. The van der Waals surface area contributed by atoms with Crippen molar-refractivity contribution in [2.24, 2.45) is 23.5 Å². The van der Waals surface area contributed by atoms with Crippen molar-refractivity contribution in [1.82, 2.24) is 0 Å². The minimum atomic E-state index is 0.590. The molecule has 0 spiro atoms. The van der Waals surface area contributed by atoms with Crippen LogP contribution < -0.4 is 10.5 Å². The van der Waals surface area contributed by atoms with Crippen LogP contribution in [0.5, 0.6) is 5.75 Å². The van der Waals surface area contributed by atoms with Crippen molar-refractivity contribution in [2.75, 3.05) is 6.61 Å². The summed E-state index contributed by atoms with van der Waals surface area (Å²) in [5, 5.41) is 0. The maximum atomic E-state index is 5.84. The Hall–Kier alpha value is -1.02. The summed E-state index contributed by atoms with van der Waals surface area (Å²) in [4.78, 5) is 0. The van der Waals surface area contributed by atoms with Crippen LogP contribution >= 0.6 is 0 Å². The predicted octanol–water partition coefficient (Wildman–Crippen LogP) is 6.18. The van der Waals surface area contributed by atoms with E-state index in [-0.39, 0.29) is 0 Å². The molecule has 24 heavy (non-hydrogen) atoms. The average Bonchev–Trinajstić information content (AvgIpc) is 2.55. The summed E-state index contributed by atoms with van der Waals surface area (Å²) in [5.41, 5.74) is 6.76. The Bertz CT molecular complexity index is 412. The molecule has 2 N–H and O–H groups in total. The zero-order valence-electron chi connectivity index (χ0n) is 16.4. The Labute approximate surface area is 150 Å². The lowest BCUT2D eigenvalue weighted by molar-refractivity contribution is 0.274. The molecule has 0 saturated carbocycles. The van der Waals surface area contributed by atoms with Crippen LogP contribution in [-0.2, 0) is 6.54 Å². The molecule has 0 bridgehead atoms. The molecule has 0 aliphatic carbocycles. The van der Waals surface area contributed by atoms with Crippen molar-refractivity contribution in [2.45, 2.75) is 79.2 Å². The SMILES string of the molecule is CC(C)CCCC(C)CCCC(C)CCOc1ccc(CN)cc1. The summed E-state index contributed by atoms with van der Waals surface area (Å²) < 4.78 is 5.84. The third kappa shape index (κ3) is 9.97. The van der Waals surface area contributed by atoms with Gasteiger partial charge < -0.3 is 10.5 Å². The Balaban J connectivity index is 2.05. The summed E-state index contributed by atoms with van der Waals surface area (Å²) in [7, 11) is 0. The van der Waals surface area contributed by atoms with E-state index in [0.29, 0.717) is 6.54 Å². The van der Waals surface area contributed by atoms with Crippen LogP contribution in [0.4, 0.5) is 0 Å². The monoisotopic (exact) mass is 333 g/mol. The zero-order valence-corrected chi connectivity index (χ0v) is 16.4. The van der Waals surface area contributed by atoms with Crippen LogP contribution in [0.25, 0.3) is 0 Å². The van der Waals surface area contributed by atoms with Crippen LogP contribution in [0, 0.1) is 17.8 Å². The molecule has 2 atom stereocenters. The van der Waals surface area contributed by atoms with Crippen LogP contribution in [0.15, 0.2) is 24.3 Å². The molecular weight excluding hydrogens is 294 g/mol. The molecule has 0 aliphatic rings. The minimum absolute atomic E-state index is 0.590. The van der Waals surface area contributed by atoms with E-state index < -0.39 is 0 Å². The van der Waals surface area contributed by atoms with Gasteiger partial charge in [0.05, 0.1) is 6.61 Å². The topological polar surface area (TPSA) is 35.2 Å². The van der Waals surface area contributed by atoms with Gasteiger partial charge in [-0.3, -0.25) is 0 Å². The minimum Gasteiger partial charge on any atom is -0.494 e. The lowest BCUT2D eigenvalue weighted by Crippen LogP contribution is -2.05. The Morgan fingerprint density at radius 3 is 1.88 bits per heavy atom. The number of nitrogens with two attached hydrogens (primary N) is 1. The first kappa shape index (κ1) is 21.0. The molecule has 0 heterocycles. The standard InChI is InChI=1S/C22H39NO/c1-18(2)7-5-8-19(3)9-6-10-20(4)15-16-24-22-13-11-21(17-23)12-14-22/h11-14,18-20H,5-10,15-17,23H2,1-4H3. The summed E-state index contributed by atoms with van der Waals surface area (Å²) in [5.74, 6) is 3.44. The van der Waals surface area contributed by atoms with Crippen molar-refractivity contribution >= 4 is 0 Å². The van der Waals surface area contributed by atoms with Crippen molar-refractivity contribution in [3.8, 4) is 5.75 Å². The van der Waals surface area contributed by atoms with Gasteiger partial charge in [0.2, 0.25) is 0 Å². The lowest BCUT2D eigenvalue weighted by Gasteiger charge is -2.15. The van der Waals surface area contributed by atoms with E-state index in [1.807, 2.05) is 24.3 Å². The van der Waals surface area contributed by atoms with Gasteiger partial charge in [-0.05, 0) is 41.9 Å². The number of ether oxygens (including phenoxy) is 1. The maximum Gasteiger partial charge on any atom is 0.119 e. The lowest BCUT2D eigenvalue weighted by atomic mass is 9.93. The summed E-state index contributed by atoms with van der Waals surface area (Å²) in [6, 6.07) is 8.12. The van der Waals surface area contributed by atoms with E-state index in [1.54, 1.807) is 0 Å². The molecule has 138 valence electrons. The Morgan fingerprint density at radius 1 is 0.792 bits per heavy atom. The van der Waals surface area contributed by atoms with Crippen LogP contribution in [0.1, 0.15) is 78.2 Å². The number of benzene rings is 1. The van der Waals surface area contributed by atoms with Gasteiger partial charge in [0, 0.05) is 6.54 Å². The second-order valence-corrected chi connectivity index (χ2v) is 7.95. The molecule has 1 rings (SSSR count). The Morgan fingerprint density at radius 2 is 1.33 bits per heavy atom. The molecule has 1 aromatic carbocycles. The van der Waals surface area contributed by atoms with Crippen molar-refractivity contribution in [3.63, 3.8) is 0 Å². The van der Waals surface area contributed by atoms with Gasteiger partial charge in [0.15, 0.2) is 0 Å². The van der Waals surface area contributed by atoms with Crippen molar-refractivity contribution in [1.29, 1.82) is 0 Å². The number of hydrogen-bond donors (Lipinski definition) is 1. The molecule has 0 saturated heterocycles. The number of rotatable bonds is 13. The van der Waals surface area contributed by atoms with E-state index in [0.717, 1.165) is 42.1 Å². The molecule has 2 nitrogen and oxygen atoms in total. The molecule has 1 aromatic rings. The highest BCUT2D eigenvalue weighted by molar-refractivity contribution is 5.26. The highest BCUT2D eigenvalue weighted by Gasteiger charge is 2.07. The van der Waals surface area contributed by atoms with Crippen molar-refractivity contribution < 1.29 is 4.74 Å². The fourth-order valence-electron chi connectivity index (χ4n) is 3.08. The first-order valence-electron chi connectivity index (χ1n) is 9.93. The summed E-state index contributed by atoms with van der Waals surface area (Å²) in [6.45, 7) is 10.8. The predicted molar refractivity (Wildman–Crippen MR) is 105 cm³/mol. The third-order valence-electron chi connectivity index (χ3n) is 4.91. The van der Waals surface area contributed by atoms with E-state index in [9.17, 15) is 0 Å². The first-order valence-corrected chi connectivity index (χ1v) is 9.93. The fourth-order valence-corrected chi connectivity index (χ4v) is 3.08. The van der Waals surface area contributed by atoms with Gasteiger partial charge in [-0.15, -0.1) is 0 Å². The molecule has 0 radical (unpaired) electrons. The van der Waals surface area contributed by atoms with Crippen LogP contribution in [0.2, 0.25) is 0 Å².